The van der Waals surface area contributed by atoms with E-state index in [9.17, 15) is 4.79 Å². The zero-order chi connectivity index (χ0) is 22.9. The number of hydrogen-bond donors (Lipinski definition) is 1. The van der Waals surface area contributed by atoms with Crippen LogP contribution >= 0.6 is 11.8 Å². The van der Waals surface area contributed by atoms with Crippen molar-refractivity contribution in [2.75, 3.05) is 11.6 Å². The molecule has 0 atom stereocenters. The van der Waals surface area contributed by atoms with Crippen LogP contribution in [0.5, 0.6) is 0 Å². The Morgan fingerprint density at radius 3 is 2.21 bits per heavy atom. The smallest absolute Gasteiger partial charge is 0.271 e. The second-order valence-corrected chi connectivity index (χ2v) is 8.55. The van der Waals surface area contributed by atoms with Crippen LogP contribution in [0.25, 0.3) is 22.4 Å². The summed E-state index contributed by atoms with van der Waals surface area (Å²) >= 11 is 1.44. The summed E-state index contributed by atoms with van der Waals surface area (Å²) in [5.74, 6) is 0.445. The molecule has 3 aromatic carbocycles. The number of aryl methyl sites for hydroxylation is 2. The number of para-hydroxylation sites is 3. The van der Waals surface area contributed by atoms with Crippen molar-refractivity contribution in [3.8, 4) is 11.4 Å². The molecule has 0 aliphatic heterocycles. The summed E-state index contributed by atoms with van der Waals surface area (Å²) in [6, 6.07) is 25.5. The predicted molar refractivity (Wildman–Crippen MR) is 135 cm³/mol. The molecule has 0 bridgehead atoms. The predicted octanol–water partition coefficient (Wildman–Crippen LogP) is 5.65. The highest BCUT2D eigenvalue weighted by Crippen LogP contribution is 2.29. The van der Waals surface area contributed by atoms with E-state index < -0.39 is 0 Å². The standard InChI is InChI=1S/C26H23N5OS/c1-17-11-7-9-15-20(17)27-26-28-23-22(25(32)30(26)21-16-10-8-12-18(21)2)24(33-3)29-31(23)19-13-5-4-6-14-19/h4-16H,1-3H3,(H,27,28). The fourth-order valence-electron chi connectivity index (χ4n) is 3.89. The van der Waals surface area contributed by atoms with Gasteiger partial charge in [0.25, 0.3) is 5.56 Å². The molecular weight excluding hydrogens is 430 g/mol. The van der Waals surface area contributed by atoms with Crippen molar-refractivity contribution in [3.63, 3.8) is 0 Å². The van der Waals surface area contributed by atoms with E-state index in [0.717, 1.165) is 28.2 Å². The first-order valence-electron chi connectivity index (χ1n) is 10.6. The monoisotopic (exact) mass is 453 g/mol. The maximum atomic E-state index is 14.0. The zero-order valence-electron chi connectivity index (χ0n) is 18.6. The lowest BCUT2D eigenvalue weighted by Crippen LogP contribution is -2.24. The lowest BCUT2D eigenvalue weighted by Gasteiger charge is -2.17. The summed E-state index contributed by atoms with van der Waals surface area (Å²) in [7, 11) is 0. The van der Waals surface area contributed by atoms with Crippen LogP contribution in [-0.2, 0) is 0 Å². The second-order valence-electron chi connectivity index (χ2n) is 7.76. The van der Waals surface area contributed by atoms with Gasteiger partial charge in [-0.05, 0) is 55.5 Å². The average Bonchev–Trinajstić information content (AvgIpc) is 3.21. The van der Waals surface area contributed by atoms with Gasteiger partial charge < -0.3 is 5.32 Å². The van der Waals surface area contributed by atoms with Crippen LogP contribution in [0.2, 0.25) is 0 Å². The van der Waals surface area contributed by atoms with Crippen LogP contribution in [0.3, 0.4) is 0 Å². The largest absolute Gasteiger partial charge is 0.325 e. The van der Waals surface area contributed by atoms with Gasteiger partial charge in [0.05, 0.1) is 11.4 Å². The number of anilines is 2. The minimum Gasteiger partial charge on any atom is -0.325 e. The number of fused-ring (bicyclic) bond motifs is 1. The zero-order valence-corrected chi connectivity index (χ0v) is 19.4. The molecule has 0 spiro atoms. The lowest BCUT2D eigenvalue weighted by atomic mass is 10.2. The number of benzene rings is 3. The Bertz CT molecular complexity index is 1520. The van der Waals surface area contributed by atoms with Gasteiger partial charge in [-0.15, -0.1) is 11.8 Å². The van der Waals surface area contributed by atoms with Gasteiger partial charge in [0, 0.05) is 5.69 Å². The van der Waals surface area contributed by atoms with Crippen molar-refractivity contribution in [2.24, 2.45) is 0 Å². The minimum absolute atomic E-state index is 0.156. The van der Waals surface area contributed by atoms with Crippen LogP contribution < -0.4 is 10.9 Å². The molecule has 33 heavy (non-hydrogen) atoms. The molecule has 0 fully saturated rings. The maximum absolute atomic E-state index is 14.0. The third-order valence-electron chi connectivity index (χ3n) is 5.61. The van der Waals surface area contributed by atoms with Crippen molar-refractivity contribution >= 4 is 34.4 Å². The number of rotatable bonds is 5. The quantitative estimate of drug-likeness (QED) is 0.348. The van der Waals surface area contributed by atoms with Crippen LogP contribution in [0.4, 0.5) is 11.6 Å². The molecule has 0 aliphatic carbocycles. The molecule has 0 aliphatic rings. The van der Waals surface area contributed by atoms with E-state index in [-0.39, 0.29) is 5.56 Å². The Morgan fingerprint density at radius 1 is 0.848 bits per heavy atom. The number of hydrogen-bond acceptors (Lipinski definition) is 5. The van der Waals surface area contributed by atoms with E-state index in [2.05, 4.69) is 5.32 Å². The van der Waals surface area contributed by atoms with E-state index in [1.807, 2.05) is 99.0 Å². The van der Waals surface area contributed by atoms with Crippen LogP contribution in [0.1, 0.15) is 11.1 Å². The summed E-state index contributed by atoms with van der Waals surface area (Å²) in [6.45, 7) is 4.02. The highest BCUT2D eigenvalue weighted by atomic mass is 32.2. The number of thioether (sulfide) groups is 1. The van der Waals surface area contributed by atoms with Crippen LogP contribution in [-0.4, -0.2) is 25.6 Å². The molecule has 7 heteroatoms. The summed E-state index contributed by atoms with van der Waals surface area (Å²) in [4.78, 5) is 19.0. The van der Waals surface area contributed by atoms with Crippen LogP contribution in [0, 0.1) is 13.8 Å². The van der Waals surface area contributed by atoms with E-state index in [4.69, 9.17) is 10.1 Å². The van der Waals surface area contributed by atoms with E-state index in [1.165, 1.54) is 11.8 Å². The average molecular weight is 454 g/mol. The van der Waals surface area contributed by atoms with Gasteiger partial charge in [-0.1, -0.05) is 54.6 Å². The van der Waals surface area contributed by atoms with E-state index in [0.29, 0.717) is 22.0 Å². The second kappa shape index (κ2) is 8.60. The molecule has 2 heterocycles. The van der Waals surface area contributed by atoms with Gasteiger partial charge in [-0.2, -0.15) is 10.1 Å². The summed E-state index contributed by atoms with van der Waals surface area (Å²) in [6.07, 6.45) is 1.92. The molecule has 6 nitrogen and oxygen atoms in total. The number of aromatic nitrogens is 4. The van der Waals surface area contributed by atoms with Crippen molar-refractivity contribution < 1.29 is 0 Å². The SMILES string of the molecule is CSc1nn(-c2ccccc2)c2nc(Nc3ccccc3C)n(-c3ccccc3C)c(=O)c12. The summed E-state index contributed by atoms with van der Waals surface area (Å²) in [5, 5.41) is 9.30. The van der Waals surface area contributed by atoms with Gasteiger partial charge in [-0.3, -0.25) is 4.79 Å². The van der Waals surface area contributed by atoms with Crippen molar-refractivity contribution in [2.45, 2.75) is 18.9 Å². The Morgan fingerprint density at radius 2 is 1.52 bits per heavy atom. The van der Waals surface area contributed by atoms with Crippen molar-refractivity contribution in [1.29, 1.82) is 0 Å². The first kappa shape index (κ1) is 21.0. The highest BCUT2D eigenvalue weighted by molar-refractivity contribution is 7.98. The van der Waals surface area contributed by atoms with E-state index in [1.54, 1.807) is 9.25 Å². The Kier molecular flexibility index (Phi) is 5.48. The first-order valence-corrected chi connectivity index (χ1v) is 11.8. The molecule has 1 N–H and O–H groups in total. The fraction of sp³-hybridized carbons (Fsp3) is 0.115. The van der Waals surface area contributed by atoms with Gasteiger partial charge in [0.1, 0.15) is 10.4 Å². The topological polar surface area (TPSA) is 64.7 Å². The van der Waals surface area contributed by atoms with E-state index >= 15 is 0 Å². The first-order chi connectivity index (χ1) is 16.1. The fourth-order valence-corrected chi connectivity index (χ4v) is 4.43. The molecule has 0 saturated carbocycles. The molecule has 0 radical (unpaired) electrons. The minimum atomic E-state index is -0.156. The van der Waals surface area contributed by atoms with Crippen molar-refractivity contribution in [3.05, 3.63) is 100 Å². The molecule has 0 saturated heterocycles. The molecule has 5 aromatic rings. The van der Waals surface area contributed by atoms with Crippen LogP contribution in [0.15, 0.2) is 88.7 Å². The molecule has 5 rings (SSSR count). The van der Waals surface area contributed by atoms with Gasteiger partial charge in [0.15, 0.2) is 5.65 Å². The maximum Gasteiger partial charge on any atom is 0.271 e. The third kappa shape index (κ3) is 3.70. The Labute approximate surface area is 195 Å². The summed E-state index contributed by atoms with van der Waals surface area (Å²) < 4.78 is 3.40. The Balaban J connectivity index is 1.86. The molecule has 2 aromatic heterocycles. The normalized spacial score (nSPS) is 11.1. The summed E-state index contributed by atoms with van der Waals surface area (Å²) in [5.41, 5.74) is 4.94. The van der Waals surface area contributed by atoms with Crippen molar-refractivity contribution in [1.82, 2.24) is 19.3 Å². The van der Waals surface area contributed by atoms with Gasteiger partial charge in [0.2, 0.25) is 5.95 Å². The highest BCUT2D eigenvalue weighted by Gasteiger charge is 2.22. The third-order valence-corrected chi connectivity index (χ3v) is 6.28. The molecule has 0 amide bonds. The molecule has 164 valence electrons. The van der Waals surface area contributed by atoms with Gasteiger partial charge >= 0.3 is 0 Å². The number of nitrogens with zero attached hydrogens (tertiary/aromatic N) is 4. The Hall–Kier alpha value is -3.84. The number of nitrogens with one attached hydrogen (secondary N) is 1. The lowest BCUT2D eigenvalue weighted by molar-refractivity contribution is 0.851. The molecular formula is C26H23N5OS. The van der Waals surface area contributed by atoms with Gasteiger partial charge in [-0.25, -0.2) is 9.25 Å². The molecule has 0 unspecified atom stereocenters.